The molecule has 1 saturated heterocycles. The highest BCUT2D eigenvalue weighted by Crippen LogP contribution is 2.19. The second-order valence-electron chi connectivity index (χ2n) is 5.67. The quantitative estimate of drug-likeness (QED) is 0.765. The van der Waals surface area contributed by atoms with Gasteiger partial charge in [-0.3, -0.25) is 9.59 Å². The van der Waals surface area contributed by atoms with Crippen molar-refractivity contribution in [2.75, 3.05) is 13.7 Å². The molecule has 0 bridgehead atoms. The Bertz CT molecular complexity index is 590. The predicted octanol–water partition coefficient (Wildman–Crippen LogP) is 0.611. The molecule has 7 heteroatoms. The molecule has 2 atom stereocenters. The summed E-state index contributed by atoms with van der Waals surface area (Å²) in [5.74, 6) is -1.44. The molecule has 24 heavy (non-hydrogen) atoms. The van der Waals surface area contributed by atoms with E-state index in [0.717, 1.165) is 5.56 Å². The molecule has 1 aliphatic heterocycles. The van der Waals surface area contributed by atoms with Crippen LogP contribution in [0.25, 0.3) is 0 Å². The first-order valence-electron chi connectivity index (χ1n) is 7.86. The minimum atomic E-state index is -1.03. The summed E-state index contributed by atoms with van der Waals surface area (Å²) >= 11 is 0. The van der Waals surface area contributed by atoms with E-state index in [1.165, 1.54) is 12.0 Å². The second kappa shape index (κ2) is 8.44. The third kappa shape index (κ3) is 4.55. The van der Waals surface area contributed by atoms with E-state index in [2.05, 4.69) is 0 Å². The van der Waals surface area contributed by atoms with Gasteiger partial charge in [0.05, 0.1) is 19.6 Å². The van der Waals surface area contributed by atoms with Crippen LogP contribution in [0.3, 0.4) is 0 Å². The number of benzene rings is 1. The molecule has 0 radical (unpaired) electrons. The maximum Gasteiger partial charge on any atom is 0.328 e. The highest BCUT2D eigenvalue weighted by Gasteiger charge is 2.37. The molecule has 0 unspecified atom stereocenters. The zero-order valence-electron chi connectivity index (χ0n) is 13.6. The lowest BCUT2D eigenvalue weighted by atomic mass is 10.1. The number of carbonyl (C=O) groups excluding carboxylic acids is 3. The minimum absolute atomic E-state index is 0.134. The smallest absolute Gasteiger partial charge is 0.328 e. The van der Waals surface area contributed by atoms with E-state index in [0.29, 0.717) is 19.4 Å². The molecule has 1 fully saturated rings. The summed E-state index contributed by atoms with van der Waals surface area (Å²) in [6.45, 7) is 0.570. The molecule has 2 rings (SSSR count). The third-order valence-electron chi connectivity index (χ3n) is 3.96. The Kier molecular flexibility index (Phi) is 6.31. The first-order chi connectivity index (χ1) is 11.5. The molecule has 7 nitrogen and oxygen atoms in total. The first-order valence-corrected chi connectivity index (χ1v) is 7.86. The van der Waals surface area contributed by atoms with Crippen LogP contribution in [0.2, 0.25) is 0 Å². The van der Waals surface area contributed by atoms with E-state index >= 15 is 0 Å². The van der Waals surface area contributed by atoms with Crippen molar-refractivity contribution in [2.24, 2.45) is 5.73 Å². The van der Waals surface area contributed by atoms with Crippen LogP contribution in [0.4, 0.5) is 0 Å². The van der Waals surface area contributed by atoms with Crippen molar-refractivity contribution in [3.05, 3.63) is 35.9 Å². The zero-order chi connectivity index (χ0) is 17.5. The summed E-state index contributed by atoms with van der Waals surface area (Å²) in [7, 11) is 1.28. The van der Waals surface area contributed by atoms with Crippen molar-refractivity contribution in [3.63, 3.8) is 0 Å². The van der Waals surface area contributed by atoms with Crippen LogP contribution < -0.4 is 5.73 Å². The summed E-state index contributed by atoms with van der Waals surface area (Å²) in [4.78, 5) is 37.3. The standard InChI is InChI=1S/C17H22N2O5/c1-23-17(22)14-8-5-9-19(14)16(21)13(18)10-15(20)24-11-12-6-3-2-4-7-12/h2-4,6-7,13-14H,5,8-11,18H2,1H3/t13-,14+/m1/s1. The second-order valence-corrected chi connectivity index (χ2v) is 5.67. The molecule has 1 aromatic carbocycles. The predicted molar refractivity (Wildman–Crippen MR) is 85.6 cm³/mol. The van der Waals surface area contributed by atoms with Gasteiger partial charge in [-0.1, -0.05) is 30.3 Å². The lowest BCUT2D eigenvalue weighted by molar-refractivity contribution is -0.152. The van der Waals surface area contributed by atoms with Crippen LogP contribution in [-0.4, -0.2) is 48.5 Å². The van der Waals surface area contributed by atoms with E-state index in [1.54, 1.807) is 0 Å². The van der Waals surface area contributed by atoms with Crippen LogP contribution in [0, 0.1) is 0 Å². The Labute approximate surface area is 140 Å². The summed E-state index contributed by atoms with van der Waals surface area (Å²) < 4.78 is 9.82. The number of methoxy groups -OCH3 is 1. The molecule has 130 valence electrons. The van der Waals surface area contributed by atoms with Crippen molar-refractivity contribution in [2.45, 2.75) is 38.0 Å². The monoisotopic (exact) mass is 334 g/mol. The van der Waals surface area contributed by atoms with Crippen molar-refractivity contribution in [1.82, 2.24) is 4.90 Å². The number of nitrogens with zero attached hydrogens (tertiary/aromatic N) is 1. The van der Waals surface area contributed by atoms with Crippen molar-refractivity contribution in [3.8, 4) is 0 Å². The highest BCUT2D eigenvalue weighted by molar-refractivity contribution is 5.90. The van der Waals surface area contributed by atoms with Gasteiger partial charge in [-0.25, -0.2) is 4.79 Å². The maximum absolute atomic E-state index is 12.4. The van der Waals surface area contributed by atoms with Gasteiger partial charge in [0.15, 0.2) is 0 Å². The number of ether oxygens (including phenoxy) is 2. The van der Waals surface area contributed by atoms with Crippen LogP contribution >= 0.6 is 0 Å². The molecule has 0 aliphatic carbocycles. The SMILES string of the molecule is COC(=O)[C@@H]1CCCN1C(=O)[C@H](N)CC(=O)OCc1ccccc1. The Morgan fingerprint density at radius 1 is 1.29 bits per heavy atom. The Morgan fingerprint density at radius 2 is 2.00 bits per heavy atom. The average molecular weight is 334 g/mol. The molecular formula is C17H22N2O5. The van der Waals surface area contributed by atoms with E-state index in [4.69, 9.17) is 15.2 Å². The fraction of sp³-hybridized carbons (Fsp3) is 0.471. The molecule has 1 aromatic rings. The molecule has 0 saturated carbocycles. The number of amides is 1. The lowest BCUT2D eigenvalue weighted by Gasteiger charge is -2.25. The van der Waals surface area contributed by atoms with Gasteiger partial charge >= 0.3 is 11.9 Å². The number of esters is 2. The minimum Gasteiger partial charge on any atom is -0.467 e. The number of likely N-dealkylation sites (tertiary alicyclic amines) is 1. The summed E-state index contributed by atoms with van der Waals surface area (Å²) in [5, 5.41) is 0. The fourth-order valence-corrected chi connectivity index (χ4v) is 2.69. The molecule has 1 aliphatic rings. The van der Waals surface area contributed by atoms with Gasteiger partial charge in [0.2, 0.25) is 5.91 Å². The van der Waals surface area contributed by atoms with Gasteiger partial charge in [0.25, 0.3) is 0 Å². The van der Waals surface area contributed by atoms with Gasteiger partial charge in [-0.05, 0) is 18.4 Å². The Hall–Kier alpha value is -2.41. The first kappa shape index (κ1) is 17.9. The molecule has 1 amide bonds. The van der Waals surface area contributed by atoms with Crippen molar-refractivity contribution >= 4 is 17.8 Å². The van der Waals surface area contributed by atoms with Crippen LogP contribution in [0.15, 0.2) is 30.3 Å². The Morgan fingerprint density at radius 3 is 2.67 bits per heavy atom. The van der Waals surface area contributed by atoms with Crippen molar-refractivity contribution in [1.29, 1.82) is 0 Å². The van der Waals surface area contributed by atoms with E-state index in [1.807, 2.05) is 30.3 Å². The number of rotatable bonds is 6. The fourth-order valence-electron chi connectivity index (χ4n) is 2.69. The van der Waals surface area contributed by atoms with Gasteiger partial charge in [-0.15, -0.1) is 0 Å². The summed E-state index contributed by atoms with van der Waals surface area (Å²) in [5.41, 5.74) is 6.68. The van der Waals surface area contributed by atoms with Gasteiger partial charge in [-0.2, -0.15) is 0 Å². The van der Waals surface area contributed by atoms with Crippen LogP contribution in [-0.2, 0) is 30.5 Å². The average Bonchev–Trinajstić information content (AvgIpc) is 3.09. The largest absolute Gasteiger partial charge is 0.467 e. The molecule has 1 heterocycles. The van der Waals surface area contributed by atoms with E-state index in [-0.39, 0.29) is 13.0 Å². The number of carbonyl (C=O) groups is 3. The normalized spacial score (nSPS) is 18.1. The Balaban J connectivity index is 1.84. The molecular weight excluding hydrogens is 312 g/mol. The number of nitrogens with two attached hydrogens (primary N) is 1. The summed E-state index contributed by atoms with van der Waals surface area (Å²) in [6, 6.07) is 7.59. The van der Waals surface area contributed by atoms with Crippen LogP contribution in [0.5, 0.6) is 0 Å². The van der Waals surface area contributed by atoms with Crippen LogP contribution in [0.1, 0.15) is 24.8 Å². The van der Waals surface area contributed by atoms with E-state index < -0.39 is 29.9 Å². The topological polar surface area (TPSA) is 98.9 Å². The molecule has 0 aromatic heterocycles. The highest BCUT2D eigenvalue weighted by atomic mass is 16.5. The summed E-state index contributed by atoms with van der Waals surface area (Å²) in [6.07, 6.45) is 1.02. The molecule has 2 N–H and O–H groups in total. The zero-order valence-corrected chi connectivity index (χ0v) is 13.6. The van der Waals surface area contributed by atoms with Gasteiger partial charge in [0.1, 0.15) is 12.6 Å². The molecule has 0 spiro atoms. The van der Waals surface area contributed by atoms with Crippen molar-refractivity contribution < 1.29 is 23.9 Å². The van der Waals surface area contributed by atoms with Gasteiger partial charge in [0, 0.05) is 6.54 Å². The van der Waals surface area contributed by atoms with E-state index in [9.17, 15) is 14.4 Å². The van der Waals surface area contributed by atoms with Gasteiger partial charge < -0.3 is 20.1 Å². The maximum atomic E-state index is 12.4. The lowest BCUT2D eigenvalue weighted by Crippen LogP contribution is -2.49. The third-order valence-corrected chi connectivity index (χ3v) is 3.96. The number of hydrogen-bond acceptors (Lipinski definition) is 6. The number of hydrogen-bond donors (Lipinski definition) is 1.